The van der Waals surface area contributed by atoms with E-state index in [0.29, 0.717) is 5.89 Å². The van der Waals surface area contributed by atoms with E-state index in [1.807, 2.05) is 66.2 Å². The lowest BCUT2D eigenvalue weighted by atomic mass is 10.3. The fourth-order valence-corrected chi connectivity index (χ4v) is 2.89. The van der Waals surface area contributed by atoms with Gasteiger partial charge >= 0.3 is 24.4 Å². The Balaban J connectivity index is 0.000000401. The molecule has 0 atom stereocenters. The number of oxazole rings is 1. The molecule has 0 fully saturated rings. The van der Waals surface area contributed by atoms with Gasteiger partial charge in [0.15, 0.2) is 0 Å². The molecule has 0 saturated carbocycles. The summed E-state index contributed by atoms with van der Waals surface area (Å²) in [6, 6.07) is 17.3. The smallest absolute Gasteiger partial charge is 0.387 e. The largest absolute Gasteiger partial charge is 1.00 e. The van der Waals surface area contributed by atoms with Gasteiger partial charge in [0, 0.05) is 30.5 Å². The molecule has 3 aromatic rings. The number of nitrogens with zero attached hydrogens (tertiary/aromatic N) is 3. The van der Waals surface area contributed by atoms with Gasteiger partial charge in [0.1, 0.15) is 20.3 Å². The van der Waals surface area contributed by atoms with E-state index in [4.69, 9.17) is 11.0 Å². The summed E-state index contributed by atoms with van der Waals surface area (Å²) in [6.45, 7) is 12.4. The number of hydrogen-bond acceptors (Lipinski definition) is 6. The van der Waals surface area contributed by atoms with Gasteiger partial charge in [0.05, 0.1) is 6.08 Å². The van der Waals surface area contributed by atoms with Gasteiger partial charge < -0.3 is 42.7 Å². The highest BCUT2D eigenvalue weighted by atomic mass is 127. The average Bonchev–Trinajstić information content (AvgIpc) is 3.18. The number of aryl methyl sites for hydroxylation is 1. The van der Waals surface area contributed by atoms with E-state index in [1.54, 1.807) is 17.2 Å². The van der Waals surface area contributed by atoms with Gasteiger partial charge in [-0.05, 0) is 25.1 Å². The number of benzene rings is 2. The summed E-state index contributed by atoms with van der Waals surface area (Å²) in [4.78, 5) is 37.7. The number of anilines is 1. The van der Waals surface area contributed by atoms with Crippen molar-refractivity contribution in [3.8, 4) is 0 Å². The Kier molecular flexibility index (Phi) is 13.3. The fourth-order valence-electron chi connectivity index (χ4n) is 2.89. The Morgan fingerprint density at radius 1 is 1.05 bits per heavy atom. The quantitative estimate of drug-likeness (QED) is 0.0930. The van der Waals surface area contributed by atoms with Gasteiger partial charge in [0.25, 0.3) is 5.52 Å². The second kappa shape index (κ2) is 15.9. The first-order valence-corrected chi connectivity index (χ1v) is 11.0. The molecule has 0 saturated heterocycles. The number of halogens is 1. The molecule has 2 aromatic carbocycles. The maximum atomic E-state index is 11.9. The van der Waals surface area contributed by atoms with Crippen molar-refractivity contribution < 1.29 is 56.8 Å². The van der Waals surface area contributed by atoms with Gasteiger partial charge in [-0.15, -0.1) is 0 Å². The lowest BCUT2D eigenvalue weighted by Crippen LogP contribution is -3.00. The Hall–Kier alpha value is -3.98. The maximum absolute atomic E-state index is 11.9. The molecule has 0 aliphatic rings. The first-order valence-electron chi connectivity index (χ1n) is 11.0. The van der Waals surface area contributed by atoms with Crippen LogP contribution in [0.4, 0.5) is 5.69 Å². The highest BCUT2D eigenvalue weighted by molar-refractivity contribution is 5.94. The minimum Gasteiger partial charge on any atom is -1.00 e. The van der Waals surface area contributed by atoms with Crippen LogP contribution in [-0.4, -0.2) is 37.6 Å². The Bertz CT molecular complexity index is 1290. The van der Waals surface area contributed by atoms with Gasteiger partial charge in [-0.3, -0.25) is 9.69 Å². The highest BCUT2D eigenvalue weighted by Gasteiger charge is 2.16. The van der Waals surface area contributed by atoms with E-state index < -0.39 is 11.9 Å². The van der Waals surface area contributed by atoms with Gasteiger partial charge in [0.2, 0.25) is 11.5 Å². The second-order valence-electron chi connectivity index (χ2n) is 7.46. The van der Waals surface area contributed by atoms with Crippen molar-refractivity contribution in [2.45, 2.75) is 13.8 Å². The molecule has 0 bridgehead atoms. The van der Waals surface area contributed by atoms with Crippen LogP contribution in [0.3, 0.4) is 0 Å². The lowest BCUT2D eigenvalue weighted by Gasteiger charge is -2.15. The molecule has 1 heterocycles. The molecule has 0 spiro atoms. The second-order valence-corrected chi connectivity index (χ2v) is 7.46. The predicted octanol–water partition coefficient (Wildman–Crippen LogP) is 0.853. The fraction of sp³-hybridized carbons (Fsp3) is 0.222. The summed E-state index contributed by atoms with van der Waals surface area (Å²) in [7, 11) is 1.94. The molecule has 0 radical (unpaired) electrons. The van der Waals surface area contributed by atoms with Crippen LogP contribution in [0.15, 0.2) is 77.4 Å². The van der Waals surface area contributed by atoms with Crippen molar-refractivity contribution in [2.24, 2.45) is 7.05 Å². The van der Waals surface area contributed by atoms with Crippen molar-refractivity contribution >= 4 is 40.7 Å². The number of ether oxygens (including phenoxy) is 2. The summed E-state index contributed by atoms with van der Waals surface area (Å²) in [5, 5.41) is 0. The molecule has 3 rings (SSSR count). The molecule has 194 valence electrons. The summed E-state index contributed by atoms with van der Waals surface area (Å²) in [5.74, 6) is -0.512. The van der Waals surface area contributed by atoms with E-state index in [0.717, 1.165) is 16.8 Å². The first-order chi connectivity index (χ1) is 17.2. The van der Waals surface area contributed by atoms with Crippen molar-refractivity contribution in [2.75, 3.05) is 24.7 Å². The van der Waals surface area contributed by atoms with Crippen LogP contribution in [0, 0.1) is 6.57 Å². The molecule has 0 N–H and O–H groups in total. The van der Waals surface area contributed by atoms with Crippen LogP contribution in [0.5, 0.6) is 0 Å². The van der Waals surface area contributed by atoms with Crippen LogP contribution >= 0.6 is 0 Å². The minimum absolute atomic E-state index is 0. The average molecular weight is 617 g/mol. The molecule has 37 heavy (non-hydrogen) atoms. The summed E-state index contributed by atoms with van der Waals surface area (Å²) in [5.41, 5.74) is 2.94. The number of amides is 1. The molecule has 10 heteroatoms. The number of hydrogen-bond donors (Lipinski definition) is 0. The number of carbonyl (C=O) groups is 3. The third-order valence-electron chi connectivity index (χ3n) is 4.65. The molecular formula is C27H28IN3O6. The SMILES string of the molecule is CC(=O)N(/C=C/c1oc2ccccc2[n+]1C)c1ccccc1.[C-]#[N+]CC(=O)OCCOC(=O)C(=C)C.[I-]. The molecule has 0 aliphatic carbocycles. The Labute approximate surface area is 232 Å². The zero-order valence-electron chi connectivity index (χ0n) is 20.8. The molecule has 1 aromatic heterocycles. The Morgan fingerprint density at radius 3 is 2.27 bits per heavy atom. The van der Waals surface area contributed by atoms with Crippen molar-refractivity contribution in [1.29, 1.82) is 0 Å². The number of rotatable bonds is 8. The minimum atomic E-state index is -0.619. The molecule has 1 amide bonds. The zero-order chi connectivity index (χ0) is 26.5. The number of esters is 2. The normalized spacial score (nSPS) is 9.89. The van der Waals surface area contributed by atoms with Crippen molar-refractivity contribution in [1.82, 2.24) is 0 Å². The van der Waals surface area contributed by atoms with E-state index in [-0.39, 0.29) is 55.2 Å². The van der Waals surface area contributed by atoms with Crippen molar-refractivity contribution in [3.05, 3.63) is 90.3 Å². The summed E-state index contributed by atoms with van der Waals surface area (Å²) in [6.07, 6.45) is 3.53. The Morgan fingerprint density at radius 2 is 1.68 bits per heavy atom. The number of carbonyl (C=O) groups excluding carboxylic acids is 3. The number of para-hydroxylation sites is 3. The molecular weight excluding hydrogens is 589 g/mol. The maximum Gasteiger partial charge on any atom is 0.387 e. The number of aromatic nitrogens is 1. The topological polar surface area (TPSA) is 94.3 Å². The predicted molar refractivity (Wildman–Crippen MR) is 134 cm³/mol. The van der Waals surface area contributed by atoms with Crippen LogP contribution < -0.4 is 33.4 Å². The molecule has 0 aliphatic heterocycles. The van der Waals surface area contributed by atoms with Crippen molar-refractivity contribution in [3.63, 3.8) is 0 Å². The molecule has 0 unspecified atom stereocenters. The highest BCUT2D eigenvalue weighted by Crippen LogP contribution is 2.17. The van der Waals surface area contributed by atoms with Gasteiger partial charge in [-0.25, -0.2) is 16.2 Å². The summed E-state index contributed by atoms with van der Waals surface area (Å²) >= 11 is 0. The van der Waals surface area contributed by atoms with E-state index >= 15 is 0 Å². The van der Waals surface area contributed by atoms with Crippen LogP contribution in [0.25, 0.3) is 22.0 Å². The zero-order valence-corrected chi connectivity index (χ0v) is 23.0. The summed E-state index contributed by atoms with van der Waals surface area (Å²) < 4.78 is 16.9. The monoisotopic (exact) mass is 617 g/mol. The standard InChI is InChI=1S/C18H17N2O2.C9H11NO4.HI/c1-14(21)20(15-8-4-3-5-9-15)13-12-18-19(2)16-10-6-7-11-17(16)22-18;1-7(2)9(12)14-5-4-13-8(11)6-10-3;/h3-13H,1-2H3;1,4-6H2,2H3;1H/q+1;;/p-1. The van der Waals surface area contributed by atoms with E-state index in [2.05, 4.69) is 20.9 Å². The van der Waals surface area contributed by atoms with Crippen LogP contribution in [0.2, 0.25) is 0 Å². The number of fused-ring (bicyclic) bond motifs is 1. The molecule has 9 nitrogen and oxygen atoms in total. The van der Waals surface area contributed by atoms with Crippen LogP contribution in [-0.2, 0) is 30.9 Å². The third-order valence-corrected chi connectivity index (χ3v) is 4.65. The van der Waals surface area contributed by atoms with E-state index in [1.165, 1.54) is 13.8 Å². The first kappa shape index (κ1) is 31.1. The third kappa shape index (κ3) is 9.89. The van der Waals surface area contributed by atoms with Crippen LogP contribution in [0.1, 0.15) is 19.7 Å². The van der Waals surface area contributed by atoms with Gasteiger partial charge in [-0.1, -0.05) is 36.9 Å². The van der Waals surface area contributed by atoms with E-state index in [9.17, 15) is 14.4 Å². The van der Waals surface area contributed by atoms with Gasteiger partial charge in [-0.2, -0.15) is 4.57 Å². The lowest BCUT2D eigenvalue weighted by molar-refractivity contribution is -0.652.